The molecule has 0 aliphatic rings. The van der Waals surface area contributed by atoms with Crippen LogP contribution < -0.4 is 5.32 Å². The summed E-state index contributed by atoms with van der Waals surface area (Å²) in [7, 11) is 0. The van der Waals surface area contributed by atoms with Crippen LogP contribution in [0.5, 0.6) is 0 Å². The Labute approximate surface area is 112 Å². The van der Waals surface area contributed by atoms with E-state index in [1.807, 2.05) is 18.4 Å². The van der Waals surface area contributed by atoms with E-state index in [2.05, 4.69) is 20.3 Å². The molecule has 0 spiro atoms. The lowest BCUT2D eigenvalue weighted by atomic mass is 10.5. The van der Waals surface area contributed by atoms with Crippen LogP contribution in [0, 0.1) is 0 Å². The van der Waals surface area contributed by atoms with Gasteiger partial charge in [-0.05, 0) is 30.1 Å². The van der Waals surface area contributed by atoms with Crippen molar-refractivity contribution in [1.29, 1.82) is 0 Å². The van der Waals surface area contributed by atoms with Crippen LogP contribution in [0.2, 0.25) is 0 Å². The summed E-state index contributed by atoms with van der Waals surface area (Å²) < 4.78 is 6.29. The third-order valence-electron chi connectivity index (χ3n) is 2.20. The van der Waals surface area contributed by atoms with Gasteiger partial charge in [0.15, 0.2) is 0 Å². The first-order chi connectivity index (χ1) is 8.86. The zero-order chi connectivity index (χ0) is 12.4. The van der Waals surface area contributed by atoms with Crippen LogP contribution in [-0.4, -0.2) is 21.5 Å². The molecule has 0 saturated heterocycles. The summed E-state index contributed by atoms with van der Waals surface area (Å²) in [4.78, 5) is 13.0. The molecule has 7 heteroatoms. The average molecular weight is 278 g/mol. The van der Waals surface area contributed by atoms with Crippen molar-refractivity contribution in [3.63, 3.8) is 0 Å². The van der Waals surface area contributed by atoms with Gasteiger partial charge in [0.25, 0.3) is 5.22 Å². The molecule has 3 rings (SSSR count). The zero-order valence-corrected chi connectivity index (χ0v) is 11.2. The first-order valence-corrected chi connectivity index (χ1v) is 7.13. The number of anilines is 1. The molecule has 0 saturated carbocycles. The average Bonchev–Trinajstić information content (AvgIpc) is 2.99. The van der Waals surface area contributed by atoms with Crippen molar-refractivity contribution in [3.8, 4) is 0 Å². The Balaban J connectivity index is 2.04. The predicted octanol–water partition coefficient (Wildman–Crippen LogP) is 3.26. The fourth-order valence-electron chi connectivity index (χ4n) is 1.49. The topological polar surface area (TPSA) is 63.8 Å². The normalized spacial score (nSPS) is 10.9. The lowest BCUT2D eigenvalue weighted by molar-refractivity contribution is 0.454. The maximum atomic E-state index is 5.24. The van der Waals surface area contributed by atoms with Gasteiger partial charge < -0.3 is 9.73 Å². The quantitative estimate of drug-likeness (QED) is 0.739. The van der Waals surface area contributed by atoms with E-state index in [1.165, 1.54) is 11.8 Å². The van der Waals surface area contributed by atoms with E-state index in [0.717, 1.165) is 21.8 Å². The number of thiophene rings is 1. The Morgan fingerprint density at radius 1 is 1.44 bits per heavy atom. The molecule has 3 heterocycles. The number of oxazole rings is 1. The molecule has 0 bridgehead atoms. The van der Waals surface area contributed by atoms with Crippen molar-refractivity contribution in [2.24, 2.45) is 0 Å². The Morgan fingerprint density at radius 3 is 3.17 bits per heavy atom. The molecule has 1 N–H and O–H groups in total. The Bertz CT molecular complexity index is 650. The highest BCUT2D eigenvalue weighted by molar-refractivity contribution is 7.99. The van der Waals surface area contributed by atoms with Gasteiger partial charge in [0.2, 0.25) is 5.95 Å². The number of aromatic nitrogens is 3. The minimum absolute atomic E-state index is 0.589. The predicted molar refractivity (Wildman–Crippen MR) is 72.2 cm³/mol. The van der Waals surface area contributed by atoms with Gasteiger partial charge in [0, 0.05) is 6.54 Å². The van der Waals surface area contributed by atoms with E-state index >= 15 is 0 Å². The van der Waals surface area contributed by atoms with Crippen molar-refractivity contribution in [2.75, 3.05) is 11.9 Å². The van der Waals surface area contributed by atoms with Gasteiger partial charge >= 0.3 is 0 Å². The molecule has 3 aromatic rings. The van der Waals surface area contributed by atoms with E-state index in [0.29, 0.717) is 11.2 Å². The van der Waals surface area contributed by atoms with Gasteiger partial charge in [-0.25, -0.2) is 15.0 Å². The first kappa shape index (κ1) is 11.5. The van der Waals surface area contributed by atoms with Gasteiger partial charge in [-0.1, -0.05) is 0 Å². The molecule has 3 aromatic heterocycles. The Hall–Kier alpha value is -1.60. The molecule has 92 valence electrons. The van der Waals surface area contributed by atoms with Crippen molar-refractivity contribution in [3.05, 3.63) is 23.9 Å². The molecule has 0 aliphatic heterocycles. The van der Waals surface area contributed by atoms with E-state index in [9.17, 15) is 0 Å². The monoisotopic (exact) mass is 278 g/mol. The van der Waals surface area contributed by atoms with Crippen molar-refractivity contribution >= 4 is 39.3 Å². The van der Waals surface area contributed by atoms with E-state index < -0.39 is 0 Å². The molecule has 0 fully saturated rings. The smallest absolute Gasteiger partial charge is 0.262 e. The van der Waals surface area contributed by atoms with Gasteiger partial charge in [0.05, 0.1) is 16.4 Å². The van der Waals surface area contributed by atoms with Crippen LogP contribution in [0.15, 0.2) is 38.6 Å². The molecular weight excluding hydrogens is 268 g/mol. The second kappa shape index (κ2) is 4.95. The number of nitrogens with zero attached hydrogens (tertiary/aromatic N) is 3. The van der Waals surface area contributed by atoms with Crippen molar-refractivity contribution in [2.45, 2.75) is 17.2 Å². The summed E-state index contributed by atoms with van der Waals surface area (Å²) in [5.74, 6) is 0.637. The van der Waals surface area contributed by atoms with Crippen LogP contribution in [0.3, 0.4) is 0 Å². The third-order valence-corrected chi connectivity index (χ3v) is 4.11. The zero-order valence-electron chi connectivity index (χ0n) is 9.58. The standard InChI is InChI=1S/C11H10N4OS2/c1-2-12-10-14-7-3-6-17-8(7)9(15-10)18-11-13-4-5-16-11/h3-6H,2H2,1H3,(H,12,14,15). The van der Waals surface area contributed by atoms with Crippen molar-refractivity contribution in [1.82, 2.24) is 15.0 Å². The number of hydrogen-bond donors (Lipinski definition) is 1. The SMILES string of the molecule is CCNc1nc(Sc2ncco2)c2sccc2n1. The van der Waals surface area contributed by atoms with Gasteiger partial charge in [-0.15, -0.1) is 11.3 Å². The maximum Gasteiger partial charge on any atom is 0.262 e. The fraction of sp³-hybridized carbons (Fsp3) is 0.182. The molecule has 0 aromatic carbocycles. The lowest BCUT2D eigenvalue weighted by Gasteiger charge is -2.04. The number of hydrogen-bond acceptors (Lipinski definition) is 7. The number of fused-ring (bicyclic) bond motifs is 1. The van der Waals surface area contributed by atoms with Crippen LogP contribution in [0.1, 0.15) is 6.92 Å². The molecule has 5 nitrogen and oxygen atoms in total. The molecule has 18 heavy (non-hydrogen) atoms. The number of rotatable bonds is 4. The molecule has 0 atom stereocenters. The largest absolute Gasteiger partial charge is 0.440 e. The summed E-state index contributed by atoms with van der Waals surface area (Å²) in [5, 5.41) is 6.59. The lowest BCUT2D eigenvalue weighted by Crippen LogP contribution is -2.02. The second-order valence-corrected chi connectivity index (χ2v) is 5.27. The second-order valence-electron chi connectivity index (χ2n) is 3.42. The molecule has 0 aliphatic carbocycles. The third kappa shape index (κ3) is 2.19. The highest BCUT2D eigenvalue weighted by atomic mass is 32.2. The highest BCUT2D eigenvalue weighted by Crippen LogP contribution is 2.34. The molecular formula is C11H10N4OS2. The van der Waals surface area contributed by atoms with Crippen LogP contribution >= 0.6 is 23.1 Å². The number of nitrogens with one attached hydrogen (secondary N) is 1. The Kier molecular flexibility index (Phi) is 3.16. The molecule has 0 amide bonds. The van der Waals surface area contributed by atoms with Gasteiger partial charge in [-0.3, -0.25) is 0 Å². The minimum Gasteiger partial charge on any atom is -0.440 e. The van der Waals surface area contributed by atoms with E-state index in [1.54, 1.807) is 23.8 Å². The summed E-state index contributed by atoms with van der Waals surface area (Å²) >= 11 is 3.03. The minimum atomic E-state index is 0.589. The van der Waals surface area contributed by atoms with E-state index in [4.69, 9.17) is 4.42 Å². The maximum absolute atomic E-state index is 5.24. The van der Waals surface area contributed by atoms with Crippen LogP contribution in [-0.2, 0) is 0 Å². The van der Waals surface area contributed by atoms with Crippen molar-refractivity contribution < 1.29 is 4.42 Å². The van der Waals surface area contributed by atoms with E-state index in [-0.39, 0.29) is 0 Å². The molecule has 0 radical (unpaired) electrons. The highest BCUT2D eigenvalue weighted by Gasteiger charge is 2.12. The summed E-state index contributed by atoms with van der Waals surface area (Å²) in [6.07, 6.45) is 3.18. The van der Waals surface area contributed by atoms with Crippen LogP contribution in [0.25, 0.3) is 10.2 Å². The molecule has 0 unspecified atom stereocenters. The fourth-order valence-corrected chi connectivity index (χ4v) is 3.18. The summed E-state index contributed by atoms with van der Waals surface area (Å²) in [5.41, 5.74) is 0.944. The van der Waals surface area contributed by atoms with Gasteiger partial charge in [-0.2, -0.15) is 0 Å². The Morgan fingerprint density at radius 2 is 2.39 bits per heavy atom. The summed E-state index contributed by atoms with van der Waals surface area (Å²) in [6, 6.07) is 1.99. The van der Waals surface area contributed by atoms with Gasteiger partial charge in [0.1, 0.15) is 11.3 Å². The summed E-state index contributed by atoms with van der Waals surface area (Å²) in [6.45, 7) is 2.81. The first-order valence-electron chi connectivity index (χ1n) is 5.43. The van der Waals surface area contributed by atoms with Crippen LogP contribution in [0.4, 0.5) is 5.95 Å².